The summed E-state index contributed by atoms with van der Waals surface area (Å²) in [5.74, 6) is -0.160. The number of thioether (sulfide) groups is 1. The fraction of sp³-hybridized carbons (Fsp3) is 0.818. The molecule has 0 aromatic rings. The molecule has 4 N–H and O–H groups in total. The van der Waals surface area contributed by atoms with Gasteiger partial charge in [0, 0.05) is 11.3 Å². The van der Waals surface area contributed by atoms with Crippen LogP contribution in [-0.4, -0.2) is 51.4 Å². The van der Waals surface area contributed by atoms with Crippen molar-refractivity contribution < 1.29 is 19.8 Å². The van der Waals surface area contributed by atoms with E-state index in [1.165, 1.54) is 6.92 Å². The highest BCUT2D eigenvalue weighted by Gasteiger charge is 2.31. The lowest BCUT2D eigenvalue weighted by Crippen LogP contribution is -2.52. The fourth-order valence-electron chi connectivity index (χ4n) is 1.82. The summed E-state index contributed by atoms with van der Waals surface area (Å²) in [5, 5.41) is 23.0. The minimum Gasteiger partial charge on any atom is -0.480 e. The molecule has 7 heteroatoms. The van der Waals surface area contributed by atoms with Crippen molar-refractivity contribution in [1.82, 2.24) is 10.6 Å². The first-order valence-corrected chi connectivity index (χ1v) is 6.92. The van der Waals surface area contributed by atoms with Crippen LogP contribution in [0.1, 0.15) is 26.7 Å². The van der Waals surface area contributed by atoms with Crippen LogP contribution in [0.25, 0.3) is 0 Å². The molecule has 1 saturated heterocycles. The number of aliphatic hydroxyl groups is 1. The number of aliphatic hydroxyl groups excluding tert-OH is 1. The molecular weight excluding hydrogens is 256 g/mol. The molecule has 6 nitrogen and oxygen atoms in total. The van der Waals surface area contributed by atoms with E-state index in [-0.39, 0.29) is 4.75 Å². The van der Waals surface area contributed by atoms with E-state index in [0.29, 0.717) is 6.54 Å². The molecule has 1 rings (SSSR count). The number of rotatable bonds is 5. The van der Waals surface area contributed by atoms with Gasteiger partial charge in [-0.1, -0.05) is 0 Å². The third-order valence-electron chi connectivity index (χ3n) is 2.96. The van der Waals surface area contributed by atoms with E-state index in [4.69, 9.17) is 5.11 Å². The van der Waals surface area contributed by atoms with Crippen molar-refractivity contribution in [1.29, 1.82) is 0 Å². The van der Waals surface area contributed by atoms with Crippen LogP contribution < -0.4 is 10.6 Å². The van der Waals surface area contributed by atoms with Gasteiger partial charge in [0.15, 0.2) is 6.04 Å². The molecule has 1 aliphatic heterocycles. The molecule has 18 heavy (non-hydrogen) atoms. The van der Waals surface area contributed by atoms with Crippen LogP contribution in [0, 0.1) is 0 Å². The monoisotopic (exact) mass is 276 g/mol. The molecule has 0 bridgehead atoms. The van der Waals surface area contributed by atoms with Crippen molar-refractivity contribution in [2.24, 2.45) is 0 Å². The number of carboxylic acid groups (broad SMARTS) is 1. The molecule has 104 valence electrons. The summed E-state index contributed by atoms with van der Waals surface area (Å²) in [6.07, 6.45) is 1.04. The lowest BCUT2D eigenvalue weighted by Gasteiger charge is -2.24. The van der Waals surface area contributed by atoms with Crippen LogP contribution in [0.4, 0.5) is 4.79 Å². The molecule has 0 radical (unpaired) electrons. The first kappa shape index (κ1) is 15.1. The van der Waals surface area contributed by atoms with E-state index in [1.807, 2.05) is 11.8 Å². The largest absolute Gasteiger partial charge is 0.480 e. The SMILES string of the molecule is CC(O)C(NC(=O)NCC1(C)CCCS1)C(=O)O. The Morgan fingerprint density at radius 1 is 1.50 bits per heavy atom. The van der Waals surface area contributed by atoms with Crippen molar-refractivity contribution in [3.8, 4) is 0 Å². The van der Waals surface area contributed by atoms with Crippen LogP contribution in [0.15, 0.2) is 0 Å². The molecule has 0 aromatic heterocycles. The molecule has 2 amide bonds. The number of urea groups is 1. The summed E-state index contributed by atoms with van der Waals surface area (Å²) in [6, 6.07) is -1.84. The molecule has 0 saturated carbocycles. The van der Waals surface area contributed by atoms with E-state index in [9.17, 15) is 14.7 Å². The normalized spacial score (nSPS) is 26.4. The van der Waals surface area contributed by atoms with Gasteiger partial charge in [0.2, 0.25) is 0 Å². The van der Waals surface area contributed by atoms with Gasteiger partial charge < -0.3 is 20.8 Å². The standard InChI is InChI=1S/C11H20N2O4S/c1-7(14)8(9(15)16)13-10(17)12-6-11(2)4-3-5-18-11/h7-8,14H,3-6H2,1-2H3,(H,15,16)(H2,12,13,17). The van der Waals surface area contributed by atoms with Gasteiger partial charge in [0.1, 0.15) is 0 Å². The molecular formula is C11H20N2O4S. The average Bonchev–Trinajstić information content (AvgIpc) is 2.70. The third-order valence-corrected chi connectivity index (χ3v) is 4.50. The topological polar surface area (TPSA) is 98.7 Å². The van der Waals surface area contributed by atoms with E-state index in [0.717, 1.165) is 18.6 Å². The predicted octanol–water partition coefficient (Wildman–Crippen LogP) is 0.405. The lowest BCUT2D eigenvalue weighted by molar-refractivity contribution is -0.141. The number of aliphatic carboxylic acids is 1. The van der Waals surface area contributed by atoms with Gasteiger partial charge in [0.05, 0.1) is 6.10 Å². The number of hydrogen-bond donors (Lipinski definition) is 4. The Bertz CT molecular complexity index is 316. The van der Waals surface area contributed by atoms with E-state index in [1.54, 1.807) is 0 Å². The Balaban J connectivity index is 2.38. The second-order valence-electron chi connectivity index (χ2n) is 4.79. The van der Waals surface area contributed by atoms with Gasteiger partial charge in [-0.3, -0.25) is 0 Å². The summed E-state index contributed by atoms with van der Waals surface area (Å²) >= 11 is 1.81. The maximum Gasteiger partial charge on any atom is 0.328 e. The van der Waals surface area contributed by atoms with Crippen molar-refractivity contribution in [2.75, 3.05) is 12.3 Å². The number of nitrogens with one attached hydrogen (secondary N) is 2. The molecule has 1 fully saturated rings. The molecule has 0 aromatic carbocycles. The second-order valence-corrected chi connectivity index (χ2v) is 6.47. The Kier molecular flexibility index (Phi) is 5.28. The lowest BCUT2D eigenvalue weighted by atomic mass is 10.1. The summed E-state index contributed by atoms with van der Waals surface area (Å²) in [6.45, 7) is 3.90. The van der Waals surface area contributed by atoms with Gasteiger partial charge in [-0.15, -0.1) is 0 Å². The summed E-state index contributed by atoms with van der Waals surface area (Å²) in [4.78, 5) is 22.3. The fourth-order valence-corrected chi connectivity index (χ4v) is 3.07. The Hall–Kier alpha value is -0.950. The number of carbonyl (C=O) groups is 2. The summed E-state index contributed by atoms with van der Waals surface area (Å²) in [5.41, 5.74) is 0. The quantitative estimate of drug-likeness (QED) is 0.583. The van der Waals surface area contributed by atoms with Crippen LogP contribution in [0.2, 0.25) is 0 Å². The molecule has 3 unspecified atom stereocenters. The summed E-state index contributed by atoms with van der Waals surface area (Å²) in [7, 11) is 0. The van der Waals surface area contributed by atoms with Crippen LogP contribution in [0.3, 0.4) is 0 Å². The molecule has 3 atom stereocenters. The zero-order valence-electron chi connectivity index (χ0n) is 10.6. The minimum absolute atomic E-state index is 0.0287. The Morgan fingerprint density at radius 2 is 2.17 bits per heavy atom. The molecule has 0 aliphatic carbocycles. The zero-order chi connectivity index (χ0) is 13.8. The van der Waals surface area contributed by atoms with Gasteiger partial charge in [0.25, 0.3) is 0 Å². The zero-order valence-corrected chi connectivity index (χ0v) is 11.4. The van der Waals surface area contributed by atoms with E-state index < -0.39 is 24.1 Å². The van der Waals surface area contributed by atoms with Gasteiger partial charge in [-0.05, 0) is 32.4 Å². The molecule has 1 aliphatic rings. The first-order chi connectivity index (χ1) is 8.34. The van der Waals surface area contributed by atoms with Crippen LogP contribution in [-0.2, 0) is 4.79 Å². The van der Waals surface area contributed by atoms with Crippen molar-refractivity contribution >= 4 is 23.8 Å². The number of carboxylic acids is 1. The highest BCUT2D eigenvalue weighted by molar-refractivity contribution is 8.00. The summed E-state index contributed by atoms with van der Waals surface area (Å²) < 4.78 is 0.0287. The second kappa shape index (κ2) is 6.29. The van der Waals surface area contributed by atoms with Crippen molar-refractivity contribution in [3.05, 3.63) is 0 Å². The smallest absolute Gasteiger partial charge is 0.328 e. The van der Waals surface area contributed by atoms with E-state index >= 15 is 0 Å². The van der Waals surface area contributed by atoms with Crippen molar-refractivity contribution in [2.45, 2.75) is 43.6 Å². The van der Waals surface area contributed by atoms with E-state index in [2.05, 4.69) is 17.6 Å². The van der Waals surface area contributed by atoms with Gasteiger partial charge in [-0.2, -0.15) is 11.8 Å². The Labute approximate surface area is 111 Å². The minimum atomic E-state index is -1.28. The number of amides is 2. The third kappa shape index (κ3) is 4.38. The van der Waals surface area contributed by atoms with Crippen molar-refractivity contribution in [3.63, 3.8) is 0 Å². The predicted molar refractivity (Wildman–Crippen MR) is 69.7 cm³/mol. The Morgan fingerprint density at radius 3 is 2.61 bits per heavy atom. The average molecular weight is 276 g/mol. The van der Waals surface area contributed by atoms with Gasteiger partial charge in [-0.25, -0.2) is 9.59 Å². The maximum absolute atomic E-state index is 11.6. The highest BCUT2D eigenvalue weighted by atomic mass is 32.2. The van der Waals surface area contributed by atoms with Crippen LogP contribution in [0.5, 0.6) is 0 Å². The molecule has 0 spiro atoms. The highest BCUT2D eigenvalue weighted by Crippen LogP contribution is 2.36. The van der Waals surface area contributed by atoms with Crippen LogP contribution >= 0.6 is 11.8 Å². The molecule has 1 heterocycles. The number of carbonyl (C=O) groups excluding carboxylic acids is 1. The number of hydrogen-bond acceptors (Lipinski definition) is 4. The maximum atomic E-state index is 11.6. The van der Waals surface area contributed by atoms with Gasteiger partial charge >= 0.3 is 12.0 Å². The first-order valence-electron chi connectivity index (χ1n) is 5.93.